The molecule has 0 aliphatic carbocycles. The summed E-state index contributed by atoms with van der Waals surface area (Å²) in [6.45, 7) is 5.04. The summed E-state index contributed by atoms with van der Waals surface area (Å²) in [6, 6.07) is 7.16. The number of anilines is 2. The molecule has 0 aromatic carbocycles. The molecule has 0 bridgehead atoms. The van der Waals surface area contributed by atoms with E-state index in [1.807, 2.05) is 31.2 Å². The number of rotatable bonds is 4. The number of hydrogen-bond acceptors (Lipinski definition) is 5. The van der Waals surface area contributed by atoms with Gasteiger partial charge in [-0.15, -0.1) is 0 Å². The summed E-state index contributed by atoms with van der Waals surface area (Å²) in [5.41, 5.74) is 1.66. The van der Waals surface area contributed by atoms with Gasteiger partial charge in [0, 0.05) is 25.5 Å². The van der Waals surface area contributed by atoms with Crippen molar-refractivity contribution in [1.29, 1.82) is 0 Å². The highest BCUT2D eigenvalue weighted by Crippen LogP contribution is 2.16. The van der Waals surface area contributed by atoms with Crippen LogP contribution in [0.3, 0.4) is 0 Å². The zero-order chi connectivity index (χ0) is 16.8. The van der Waals surface area contributed by atoms with E-state index in [0.717, 1.165) is 37.7 Å². The van der Waals surface area contributed by atoms with Crippen LogP contribution in [-0.4, -0.2) is 42.3 Å². The van der Waals surface area contributed by atoms with Gasteiger partial charge in [-0.05, 0) is 36.8 Å². The Balaban J connectivity index is 1.54. The third-order valence-corrected chi connectivity index (χ3v) is 3.89. The zero-order valence-electron chi connectivity index (χ0n) is 13.6. The Morgan fingerprint density at radius 1 is 1.21 bits per heavy atom. The van der Waals surface area contributed by atoms with Crippen LogP contribution in [0.5, 0.6) is 0 Å². The van der Waals surface area contributed by atoms with Crippen molar-refractivity contribution in [3.05, 3.63) is 48.4 Å². The Morgan fingerprint density at radius 3 is 2.62 bits per heavy atom. The highest BCUT2D eigenvalue weighted by Gasteiger charge is 2.13. The van der Waals surface area contributed by atoms with Gasteiger partial charge in [0.05, 0.1) is 31.1 Å². The SMILES string of the molecule is C[C@H](NC(=O)Nc1ccc(N2CCOCC2)nc1)c1ccncc1. The standard InChI is InChI=1S/C17H21N5O2/c1-13(14-4-6-18-7-5-14)20-17(23)21-15-2-3-16(19-12-15)22-8-10-24-11-9-22/h2-7,12-13H,8-11H2,1H3,(H2,20,21,23)/t13-/m0/s1. The van der Waals surface area contributed by atoms with Gasteiger partial charge >= 0.3 is 6.03 Å². The first-order valence-corrected chi connectivity index (χ1v) is 7.98. The Kier molecular flexibility index (Phi) is 5.22. The number of pyridine rings is 2. The molecule has 2 N–H and O–H groups in total. The normalized spacial score (nSPS) is 15.6. The number of nitrogens with zero attached hydrogens (tertiary/aromatic N) is 3. The summed E-state index contributed by atoms with van der Waals surface area (Å²) >= 11 is 0. The number of morpholine rings is 1. The van der Waals surface area contributed by atoms with Crippen LogP contribution in [0, 0.1) is 0 Å². The van der Waals surface area contributed by atoms with E-state index in [9.17, 15) is 4.79 Å². The average Bonchev–Trinajstić information content (AvgIpc) is 2.64. The molecule has 7 nitrogen and oxygen atoms in total. The Morgan fingerprint density at radius 2 is 1.96 bits per heavy atom. The highest BCUT2D eigenvalue weighted by molar-refractivity contribution is 5.89. The zero-order valence-corrected chi connectivity index (χ0v) is 13.6. The average molecular weight is 327 g/mol. The molecule has 2 aromatic heterocycles. The van der Waals surface area contributed by atoms with Gasteiger partial charge in [0.1, 0.15) is 5.82 Å². The van der Waals surface area contributed by atoms with Gasteiger partial charge in [0.25, 0.3) is 0 Å². The van der Waals surface area contributed by atoms with Gasteiger partial charge in [-0.1, -0.05) is 0 Å². The van der Waals surface area contributed by atoms with Crippen molar-refractivity contribution in [1.82, 2.24) is 15.3 Å². The number of ether oxygens (including phenoxy) is 1. The summed E-state index contributed by atoms with van der Waals surface area (Å²) in [7, 11) is 0. The summed E-state index contributed by atoms with van der Waals surface area (Å²) in [5, 5.41) is 5.69. The van der Waals surface area contributed by atoms with E-state index < -0.39 is 0 Å². The lowest BCUT2D eigenvalue weighted by Gasteiger charge is -2.27. The predicted octanol–water partition coefficient (Wildman–Crippen LogP) is 2.20. The van der Waals surface area contributed by atoms with Crippen LogP contribution in [0.1, 0.15) is 18.5 Å². The molecule has 24 heavy (non-hydrogen) atoms. The van der Waals surface area contributed by atoms with E-state index >= 15 is 0 Å². The molecule has 0 radical (unpaired) electrons. The third-order valence-electron chi connectivity index (χ3n) is 3.89. The molecule has 3 heterocycles. The van der Waals surface area contributed by atoms with Crippen molar-refractivity contribution < 1.29 is 9.53 Å². The molecule has 7 heteroatoms. The number of carbonyl (C=O) groups is 1. The first-order valence-electron chi connectivity index (χ1n) is 7.98. The van der Waals surface area contributed by atoms with Crippen LogP contribution in [0.2, 0.25) is 0 Å². The summed E-state index contributed by atoms with van der Waals surface area (Å²) in [5.74, 6) is 0.898. The largest absolute Gasteiger partial charge is 0.378 e. The molecule has 1 aliphatic heterocycles. The van der Waals surface area contributed by atoms with Crippen molar-refractivity contribution in [2.75, 3.05) is 36.5 Å². The highest BCUT2D eigenvalue weighted by atomic mass is 16.5. The van der Waals surface area contributed by atoms with Crippen LogP contribution in [0.25, 0.3) is 0 Å². The van der Waals surface area contributed by atoms with Crippen molar-refractivity contribution in [3.8, 4) is 0 Å². The van der Waals surface area contributed by atoms with Gasteiger partial charge in [-0.25, -0.2) is 9.78 Å². The van der Waals surface area contributed by atoms with Gasteiger partial charge in [-0.2, -0.15) is 0 Å². The third kappa shape index (κ3) is 4.20. The lowest BCUT2D eigenvalue weighted by molar-refractivity contribution is 0.122. The smallest absolute Gasteiger partial charge is 0.319 e. The van der Waals surface area contributed by atoms with Crippen molar-refractivity contribution in [2.45, 2.75) is 13.0 Å². The number of carbonyl (C=O) groups excluding carboxylic acids is 1. The fraction of sp³-hybridized carbons (Fsp3) is 0.353. The lowest BCUT2D eigenvalue weighted by Crippen LogP contribution is -2.36. The minimum atomic E-state index is -0.264. The van der Waals surface area contributed by atoms with Crippen molar-refractivity contribution in [2.24, 2.45) is 0 Å². The van der Waals surface area contributed by atoms with E-state index in [4.69, 9.17) is 4.74 Å². The van der Waals surface area contributed by atoms with E-state index in [1.165, 1.54) is 0 Å². The van der Waals surface area contributed by atoms with Crippen LogP contribution in [-0.2, 0) is 4.74 Å². The second kappa shape index (κ2) is 7.74. The number of amides is 2. The molecular weight excluding hydrogens is 306 g/mol. The fourth-order valence-electron chi connectivity index (χ4n) is 2.54. The maximum absolute atomic E-state index is 12.1. The first-order chi connectivity index (χ1) is 11.7. The molecule has 1 atom stereocenters. The maximum atomic E-state index is 12.1. The van der Waals surface area contributed by atoms with Crippen LogP contribution in [0.15, 0.2) is 42.9 Å². The fourth-order valence-corrected chi connectivity index (χ4v) is 2.54. The Labute approximate surface area is 141 Å². The monoisotopic (exact) mass is 327 g/mol. The molecule has 126 valence electrons. The topological polar surface area (TPSA) is 79.4 Å². The number of aromatic nitrogens is 2. The van der Waals surface area contributed by atoms with Crippen molar-refractivity contribution >= 4 is 17.5 Å². The van der Waals surface area contributed by atoms with E-state index in [0.29, 0.717) is 5.69 Å². The molecule has 1 saturated heterocycles. The maximum Gasteiger partial charge on any atom is 0.319 e. The summed E-state index contributed by atoms with van der Waals surface area (Å²) in [4.78, 5) is 22.6. The van der Waals surface area contributed by atoms with Crippen molar-refractivity contribution in [3.63, 3.8) is 0 Å². The molecule has 0 unspecified atom stereocenters. The summed E-state index contributed by atoms with van der Waals surface area (Å²) < 4.78 is 5.33. The van der Waals surface area contributed by atoms with E-state index in [-0.39, 0.29) is 12.1 Å². The molecule has 0 saturated carbocycles. The Bertz CT molecular complexity index is 656. The van der Waals surface area contributed by atoms with Gasteiger partial charge in [0.15, 0.2) is 0 Å². The number of hydrogen-bond donors (Lipinski definition) is 2. The van der Waals surface area contributed by atoms with E-state index in [2.05, 4.69) is 25.5 Å². The minimum absolute atomic E-state index is 0.103. The minimum Gasteiger partial charge on any atom is -0.378 e. The Hall–Kier alpha value is -2.67. The van der Waals surface area contributed by atoms with E-state index in [1.54, 1.807) is 18.6 Å². The predicted molar refractivity (Wildman–Crippen MR) is 92.1 cm³/mol. The quantitative estimate of drug-likeness (QED) is 0.900. The number of urea groups is 1. The molecule has 2 aromatic rings. The second-order valence-corrected chi connectivity index (χ2v) is 5.61. The summed E-state index contributed by atoms with van der Waals surface area (Å²) in [6.07, 6.45) is 5.08. The molecule has 2 amide bonds. The van der Waals surface area contributed by atoms with Gasteiger partial charge < -0.3 is 20.3 Å². The molecular formula is C17H21N5O2. The molecule has 0 spiro atoms. The van der Waals surface area contributed by atoms with Crippen LogP contribution in [0.4, 0.5) is 16.3 Å². The first kappa shape index (κ1) is 16.2. The van der Waals surface area contributed by atoms with Crippen LogP contribution >= 0.6 is 0 Å². The number of nitrogens with one attached hydrogen (secondary N) is 2. The molecule has 1 fully saturated rings. The van der Waals surface area contributed by atoms with Gasteiger partial charge in [0.2, 0.25) is 0 Å². The van der Waals surface area contributed by atoms with Gasteiger partial charge in [-0.3, -0.25) is 4.98 Å². The molecule has 1 aliphatic rings. The molecule has 3 rings (SSSR count). The lowest BCUT2D eigenvalue weighted by atomic mass is 10.1. The second-order valence-electron chi connectivity index (χ2n) is 5.61. The van der Waals surface area contributed by atoms with Crippen LogP contribution < -0.4 is 15.5 Å².